The minimum absolute atomic E-state index is 0.0403. The Morgan fingerprint density at radius 1 is 1.53 bits per heavy atom. The molecule has 1 aliphatic heterocycles. The number of nitrogens with one attached hydrogen (secondary N) is 2. The van der Waals surface area contributed by atoms with Crippen LogP contribution in [0.2, 0.25) is 0 Å². The lowest BCUT2D eigenvalue weighted by Crippen LogP contribution is -2.18. The van der Waals surface area contributed by atoms with Gasteiger partial charge in [-0.3, -0.25) is 4.79 Å². The number of hydrogen-bond acceptors (Lipinski definition) is 4. The number of hydrogen-bond donors (Lipinski definition) is 2. The van der Waals surface area contributed by atoms with E-state index in [1.165, 1.54) is 6.33 Å². The van der Waals surface area contributed by atoms with Crippen molar-refractivity contribution in [2.24, 2.45) is 5.92 Å². The zero-order valence-corrected chi connectivity index (χ0v) is 8.44. The lowest BCUT2D eigenvalue weighted by atomic mass is 10.0. The van der Waals surface area contributed by atoms with Gasteiger partial charge in [0.15, 0.2) is 0 Å². The van der Waals surface area contributed by atoms with E-state index < -0.39 is 0 Å². The van der Waals surface area contributed by atoms with Crippen LogP contribution in [0.15, 0.2) is 18.7 Å². The van der Waals surface area contributed by atoms with Gasteiger partial charge in [0, 0.05) is 6.42 Å². The van der Waals surface area contributed by atoms with E-state index in [1.54, 1.807) is 12.4 Å². The first kappa shape index (κ1) is 10.0. The summed E-state index contributed by atoms with van der Waals surface area (Å²) in [6.07, 6.45) is 6.28. The number of nitrogens with zero attached hydrogens (tertiary/aromatic N) is 2. The molecule has 80 valence electrons. The maximum atomic E-state index is 11.6. The van der Waals surface area contributed by atoms with Crippen molar-refractivity contribution in [3.63, 3.8) is 0 Å². The van der Waals surface area contributed by atoms with Crippen molar-refractivity contribution < 1.29 is 4.79 Å². The number of carbonyl (C=O) groups excluding carboxylic acids is 1. The summed E-state index contributed by atoms with van der Waals surface area (Å²) in [6.45, 7) is 1.96. The minimum atomic E-state index is 0.0403. The Kier molecular flexibility index (Phi) is 3.24. The Hall–Kier alpha value is -1.49. The van der Waals surface area contributed by atoms with Gasteiger partial charge in [0.1, 0.15) is 6.33 Å². The van der Waals surface area contributed by atoms with Gasteiger partial charge in [-0.2, -0.15) is 0 Å². The molecule has 15 heavy (non-hydrogen) atoms. The molecule has 5 heteroatoms. The predicted octanol–water partition coefficient (Wildman–Crippen LogP) is 0.415. The van der Waals surface area contributed by atoms with Crippen molar-refractivity contribution in [1.82, 2.24) is 15.3 Å². The van der Waals surface area contributed by atoms with Crippen LogP contribution >= 0.6 is 0 Å². The van der Waals surface area contributed by atoms with Gasteiger partial charge in [-0.15, -0.1) is 0 Å². The highest BCUT2D eigenvalue weighted by Crippen LogP contribution is 2.13. The first-order valence-electron chi connectivity index (χ1n) is 5.10. The highest BCUT2D eigenvalue weighted by Gasteiger charge is 2.17. The highest BCUT2D eigenvalue weighted by atomic mass is 16.1. The topological polar surface area (TPSA) is 66.9 Å². The Bertz CT molecular complexity index is 321. The van der Waals surface area contributed by atoms with Crippen LogP contribution in [0.25, 0.3) is 0 Å². The van der Waals surface area contributed by atoms with E-state index in [0.717, 1.165) is 19.5 Å². The van der Waals surface area contributed by atoms with Gasteiger partial charge < -0.3 is 10.6 Å². The van der Waals surface area contributed by atoms with Crippen LogP contribution < -0.4 is 10.6 Å². The fourth-order valence-corrected chi connectivity index (χ4v) is 1.73. The van der Waals surface area contributed by atoms with Crippen LogP contribution in [0.5, 0.6) is 0 Å². The van der Waals surface area contributed by atoms with Gasteiger partial charge in [0.2, 0.25) is 5.91 Å². The van der Waals surface area contributed by atoms with Crippen molar-refractivity contribution in [3.05, 3.63) is 18.7 Å². The van der Waals surface area contributed by atoms with E-state index in [2.05, 4.69) is 20.6 Å². The second kappa shape index (κ2) is 4.84. The molecule has 0 spiro atoms. The molecule has 2 N–H and O–H groups in total. The SMILES string of the molecule is O=C(CC1CCNC1)Nc1cncnc1. The van der Waals surface area contributed by atoms with Gasteiger partial charge in [0.25, 0.3) is 0 Å². The minimum Gasteiger partial charge on any atom is -0.323 e. The average Bonchev–Trinajstić information content (AvgIpc) is 2.71. The second-order valence-electron chi connectivity index (χ2n) is 3.74. The first-order valence-corrected chi connectivity index (χ1v) is 5.10. The van der Waals surface area contributed by atoms with Crippen molar-refractivity contribution in [2.45, 2.75) is 12.8 Å². The molecule has 1 aliphatic rings. The van der Waals surface area contributed by atoms with Gasteiger partial charge in [-0.25, -0.2) is 9.97 Å². The monoisotopic (exact) mass is 206 g/mol. The van der Waals surface area contributed by atoms with E-state index in [0.29, 0.717) is 18.0 Å². The Labute approximate surface area is 88.3 Å². The molecule has 0 radical (unpaired) electrons. The van der Waals surface area contributed by atoms with Gasteiger partial charge in [0.05, 0.1) is 18.1 Å². The summed E-state index contributed by atoms with van der Waals surface area (Å²) in [5.74, 6) is 0.508. The zero-order chi connectivity index (χ0) is 10.5. The first-order chi connectivity index (χ1) is 7.34. The summed E-state index contributed by atoms with van der Waals surface area (Å²) in [4.78, 5) is 19.2. The van der Waals surface area contributed by atoms with E-state index in [1.807, 2.05) is 0 Å². The van der Waals surface area contributed by atoms with Crippen LogP contribution in [0.4, 0.5) is 5.69 Å². The number of carbonyl (C=O) groups is 1. The Morgan fingerprint density at radius 2 is 2.33 bits per heavy atom. The largest absolute Gasteiger partial charge is 0.323 e. The van der Waals surface area contributed by atoms with Crippen molar-refractivity contribution in [2.75, 3.05) is 18.4 Å². The third-order valence-electron chi connectivity index (χ3n) is 2.48. The lowest BCUT2D eigenvalue weighted by Gasteiger charge is -2.08. The smallest absolute Gasteiger partial charge is 0.224 e. The molecule has 1 aromatic heterocycles. The summed E-state index contributed by atoms with van der Waals surface area (Å²) < 4.78 is 0. The molecule has 1 aromatic rings. The van der Waals surface area contributed by atoms with Crippen LogP contribution in [0.1, 0.15) is 12.8 Å². The standard InChI is InChI=1S/C10H14N4O/c15-10(3-8-1-2-11-4-8)14-9-5-12-7-13-6-9/h5-8,11H,1-4H2,(H,14,15). The molecule has 5 nitrogen and oxygen atoms in total. The molecule has 1 amide bonds. The molecular formula is C10H14N4O. The van der Waals surface area contributed by atoms with Crippen LogP contribution in [-0.2, 0) is 4.79 Å². The molecule has 2 rings (SSSR count). The van der Waals surface area contributed by atoms with E-state index in [4.69, 9.17) is 0 Å². The third-order valence-corrected chi connectivity index (χ3v) is 2.48. The number of anilines is 1. The molecule has 1 unspecified atom stereocenters. The summed E-state index contributed by atoms with van der Waals surface area (Å²) in [5, 5.41) is 6.01. The molecule has 0 bridgehead atoms. The Balaban J connectivity index is 1.82. The summed E-state index contributed by atoms with van der Waals surface area (Å²) in [6, 6.07) is 0. The fourth-order valence-electron chi connectivity index (χ4n) is 1.73. The van der Waals surface area contributed by atoms with Crippen LogP contribution in [0.3, 0.4) is 0 Å². The summed E-state index contributed by atoms with van der Waals surface area (Å²) >= 11 is 0. The van der Waals surface area contributed by atoms with E-state index >= 15 is 0 Å². The lowest BCUT2D eigenvalue weighted by molar-refractivity contribution is -0.116. The summed E-state index contributed by atoms with van der Waals surface area (Å²) in [5.41, 5.74) is 0.661. The van der Waals surface area contributed by atoms with Crippen LogP contribution in [0, 0.1) is 5.92 Å². The van der Waals surface area contributed by atoms with Gasteiger partial charge in [-0.05, 0) is 25.4 Å². The van der Waals surface area contributed by atoms with Gasteiger partial charge in [-0.1, -0.05) is 0 Å². The zero-order valence-electron chi connectivity index (χ0n) is 8.44. The van der Waals surface area contributed by atoms with Crippen molar-refractivity contribution in [1.29, 1.82) is 0 Å². The number of rotatable bonds is 3. The van der Waals surface area contributed by atoms with Crippen LogP contribution in [-0.4, -0.2) is 29.0 Å². The maximum absolute atomic E-state index is 11.6. The van der Waals surface area contributed by atoms with E-state index in [-0.39, 0.29) is 5.91 Å². The molecule has 2 heterocycles. The van der Waals surface area contributed by atoms with Crippen molar-refractivity contribution >= 4 is 11.6 Å². The number of amides is 1. The molecule has 0 aromatic carbocycles. The quantitative estimate of drug-likeness (QED) is 0.752. The molecule has 1 atom stereocenters. The third kappa shape index (κ3) is 2.99. The predicted molar refractivity (Wildman–Crippen MR) is 56.3 cm³/mol. The molecular weight excluding hydrogens is 192 g/mol. The molecule has 0 aliphatic carbocycles. The Morgan fingerprint density at radius 3 is 3.00 bits per heavy atom. The molecule has 0 saturated carbocycles. The second-order valence-corrected chi connectivity index (χ2v) is 3.74. The summed E-state index contributed by atoms with van der Waals surface area (Å²) in [7, 11) is 0. The molecule has 1 saturated heterocycles. The normalized spacial score (nSPS) is 20.1. The van der Waals surface area contributed by atoms with Crippen molar-refractivity contribution in [3.8, 4) is 0 Å². The van der Waals surface area contributed by atoms with E-state index in [9.17, 15) is 4.79 Å². The maximum Gasteiger partial charge on any atom is 0.224 e. The highest BCUT2D eigenvalue weighted by molar-refractivity contribution is 5.90. The fraction of sp³-hybridized carbons (Fsp3) is 0.500. The average molecular weight is 206 g/mol. The number of aromatic nitrogens is 2. The van der Waals surface area contributed by atoms with Gasteiger partial charge >= 0.3 is 0 Å². The molecule has 1 fully saturated rings.